The van der Waals surface area contributed by atoms with Crippen molar-refractivity contribution >= 4 is 66.8 Å². The van der Waals surface area contributed by atoms with Crippen molar-refractivity contribution in [3.63, 3.8) is 0 Å². The molecule has 2 aliphatic carbocycles. The van der Waals surface area contributed by atoms with Crippen LogP contribution in [0.2, 0.25) is 5.15 Å². The molecule has 0 aromatic carbocycles. The summed E-state index contributed by atoms with van der Waals surface area (Å²) in [6.45, 7) is 1.97. The highest BCUT2D eigenvalue weighted by Crippen LogP contribution is 2.50. The standard InChI is InChI=1S/C22H21BrClN7OS/c23-11-8-27-20-16(14(11)15(25)12-9-3-4-10(7-9)13(12)19(26)32)28-21(30-20)17-18(24)29-22(33-17)31-5-1-2-6-31/h3-4,8-10,12-13,25H,1-2,5-7H2,(H2,26,32)(H,27,28,30). The molecule has 0 radical (unpaired) electrons. The molecule has 4 atom stereocenters. The number of pyridine rings is 1. The lowest BCUT2D eigenvalue weighted by molar-refractivity contribution is -0.123. The Morgan fingerprint density at radius 2 is 1.97 bits per heavy atom. The number of nitrogens with two attached hydrogens (primary N) is 1. The van der Waals surface area contributed by atoms with Crippen LogP contribution in [0.25, 0.3) is 21.9 Å². The van der Waals surface area contributed by atoms with Crippen LogP contribution in [0.15, 0.2) is 22.8 Å². The monoisotopic (exact) mass is 545 g/mol. The van der Waals surface area contributed by atoms with Gasteiger partial charge in [0.05, 0.1) is 11.4 Å². The first kappa shape index (κ1) is 21.2. The van der Waals surface area contributed by atoms with Gasteiger partial charge in [-0.15, -0.1) is 0 Å². The number of imidazole rings is 1. The van der Waals surface area contributed by atoms with Crippen LogP contribution >= 0.6 is 38.9 Å². The Bertz CT molecular complexity index is 1330. The van der Waals surface area contributed by atoms with Crippen LogP contribution < -0.4 is 10.6 Å². The lowest BCUT2D eigenvalue weighted by Crippen LogP contribution is -2.37. The summed E-state index contributed by atoms with van der Waals surface area (Å²) >= 11 is 11.6. The molecule has 6 rings (SSSR count). The molecular weight excluding hydrogens is 526 g/mol. The summed E-state index contributed by atoms with van der Waals surface area (Å²) in [4.78, 5) is 32.3. The van der Waals surface area contributed by atoms with E-state index < -0.39 is 0 Å². The van der Waals surface area contributed by atoms with Gasteiger partial charge in [0.1, 0.15) is 4.88 Å². The fourth-order valence-corrected chi connectivity index (χ4v) is 7.36. The van der Waals surface area contributed by atoms with Gasteiger partial charge in [0, 0.05) is 41.0 Å². The Labute approximate surface area is 207 Å². The molecule has 2 fully saturated rings. The molecule has 4 unspecified atom stereocenters. The normalized spacial score (nSPS) is 26.1. The van der Waals surface area contributed by atoms with E-state index in [0.717, 1.165) is 42.4 Å². The number of carbonyl (C=O) groups is 1. The lowest BCUT2D eigenvalue weighted by atomic mass is 9.77. The van der Waals surface area contributed by atoms with E-state index in [4.69, 9.17) is 22.7 Å². The molecule has 4 N–H and O–H groups in total. The zero-order valence-corrected chi connectivity index (χ0v) is 20.7. The average molecular weight is 547 g/mol. The first-order chi connectivity index (χ1) is 15.9. The maximum atomic E-state index is 12.2. The molecule has 3 aromatic heterocycles. The molecule has 1 amide bonds. The first-order valence-corrected chi connectivity index (χ1v) is 12.9. The van der Waals surface area contributed by atoms with Gasteiger partial charge in [0.15, 0.2) is 21.8 Å². The summed E-state index contributed by atoms with van der Waals surface area (Å²) in [5.74, 6) is -0.164. The van der Waals surface area contributed by atoms with Gasteiger partial charge in [0.25, 0.3) is 0 Å². The summed E-state index contributed by atoms with van der Waals surface area (Å²) in [5.41, 5.74) is 7.93. The van der Waals surface area contributed by atoms with Gasteiger partial charge >= 0.3 is 0 Å². The topological polar surface area (TPSA) is 125 Å². The van der Waals surface area contributed by atoms with Crippen LogP contribution in [0, 0.1) is 29.1 Å². The molecule has 3 aliphatic rings. The Morgan fingerprint density at radius 1 is 1.24 bits per heavy atom. The van der Waals surface area contributed by atoms with Crippen LogP contribution in [-0.2, 0) is 4.79 Å². The van der Waals surface area contributed by atoms with Crippen LogP contribution in [0.5, 0.6) is 0 Å². The molecular formula is C22H21BrClN7OS. The van der Waals surface area contributed by atoms with Crippen molar-refractivity contribution in [2.75, 3.05) is 18.0 Å². The number of nitrogens with one attached hydrogen (secondary N) is 2. The summed E-state index contributed by atoms with van der Waals surface area (Å²) < 4.78 is 0.679. The number of H-pyrrole nitrogens is 1. The summed E-state index contributed by atoms with van der Waals surface area (Å²) in [5, 5.41) is 10.4. The van der Waals surface area contributed by atoms with Crippen molar-refractivity contribution < 1.29 is 4.79 Å². The van der Waals surface area contributed by atoms with Crippen molar-refractivity contribution in [2.45, 2.75) is 19.3 Å². The number of halogens is 2. The van der Waals surface area contributed by atoms with Gasteiger partial charge in [-0.05, 0) is 47.0 Å². The van der Waals surface area contributed by atoms with Crippen LogP contribution in [0.4, 0.5) is 5.13 Å². The van der Waals surface area contributed by atoms with E-state index in [1.807, 2.05) is 0 Å². The number of hydrogen-bond donors (Lipinski definition) is 3. The number of primary amides is 1. The number of aromatic nitrogens is 4. The van der Waals surface area contributed by atoms with Crippen LogP contribution in [0.3, 0.4) is 0 Å². The largest absolute Gasteiger partial charge is 0.369 e. The second-order valence-corrected chi connectivity index (χ2v) is 11.1. The number of anilines is 1. The Balaban J connectivity index is 1.42. The Kier molecular flexibility index (Phi) is 5.08. The van der Waals surface area contributed by atoms with E-state index in [2.05, 4.69) is 52.9 Å². The number of hydrogen-bond acceptors (Lipinski definition) is 7. The molecule has 11 heteroatoms. The van der Waals surface area contributed by atoms with Crippen molar-refractivity contribution in [3.05, 3.63) is 33.5 Å². The summed E-state index contributed by atoms with van der Waals surface area (Å²) in [6.07, 6.45) is 9.01. The number of nitrogens with zero attached hydrogens (tertiary/aromatic N) is 4. The molecule has 4 heterocycles. The van der Waals surface area contributed by atoms with Gasteiger partial charge in [-0.3, -0.25) is 4.79 Å². The first-order valence-electron chi connectivity index (χ1n) is 10.9. The third-order valence-corrected chi connectivity index (χ3v) is 9.14. The Hall–Kier alpha value is -2.30. The van der Waals surface area contributed by atoms with E-state index in [0.29, 0.717) is 37.9 Å². The zero-order valence-electron chi connectivity index (χ0n) is 17.5. The third kappa shape index (κ3) is 3.33. The van der Waals surface area contributed by atoms with Crippen molar-refractivity contribution in [1.82, 2.24) is 19.9 Å². The van der Waals surface area contributed by atoms with Gasteiger partial charge < -0.3 is 21.0 Å². The molecule has 8 nitrogen and oxygen atoms in total. The second-order valence-electron chi connectivity index (χ2n) is 8.89. The highest BCUT2D eigenvalue weighted by atomic mass is 79.9. The van der Waals surface area contributed by atoms with Crippen LogP contribution in [0.1, 0.15) is 24.8 Å². The fourth-order valence-electron chi connectivity index (χ4n) is 5.56. The lowest BCUT2D eigenvalue weighted by Gasteiger charge is -2.26. The molecule has 2 bridgehead atoms. The number of allylic oxidation sites excluding steroid dienone is 2. The number of aromatic amines is 1. The molecule has 170 valence electrons. The maximum Gasteiger partial charge on any atom is 0.221 e. The fraction of sp³-hybridized carbons (Fsp3) is 0.409. The van der Waals surface area contributed by atoms with Gasteiger partial charge in [-0.2, -0.15) is 0 Å². The number of thiazole rings is 1. The van der Waals surface area contributed by atoms with E-state index in [9.17, 15) is 4.79 Å². The summed E-state index contributed by atoms with van der Waals surface area (Å²) in [7, 11) is 0. The Morgan fingerprint density at radius 3 is 2.70 bits per heavy atom. The molecule has 0 spiro atoms. The SMILES string of the molecule is N=C(c1c(Br)cnc2nc(-c3sc(N4CCCC4)nc3Cl)[nH]c12)C1C2C=CC(C2)C1C(N)=O. The predicted octanol–water partition coefficient (Wildman–Crippen LogP) is 4.39. The zero-order chi connectivity index (χ0) is 22.9. The number of fused-ring (bicyclic) bond motifs is 3. The van der Waals surface area contributed by atoms with E-state index in [1.54, 1.807) is 6.20 Å². The van der Waals surface area contributed by atoms with Crippen molar-refractivity contribution in [3.8, 4) is 10.7 Å². The summed E-state index contributed by atoms with van der Waals surface area (Å²) in [6, 6.07) is 0. The third-order valence-electron chi connectivity index (χ3n) is 7.03. The molecule has 1 saturated heterocycles. The number of rotatable bonds is 5. The van der Waals surface area contributed by atoms with E-state index in [-0.39, 0.29) is 29.6 Å². The van der Waals surface area contributed by atoms with Crippen molar-refractivity contribution in [2.24, 2.45) is 29.4 Å². The van der Waals surface area contributed by atoms with E-state index in [1.165, 1.54) is 11.3 Å². The predicted molar refractivity (Wildman–Crippen MR) is 133 cm³/mol. The minimum Gasteiger partial charge on any atom is -0.369 e. The number of amides is 1. The molecule has 1 saturated carbocycles. The van der Waals surface area contributed by atoms with E-state index >= 15 is 0 Å². The number of carbonyl (C=O) groups excluding carboxylic acids is 1. The van der Waals surface area contributed by atoms with Crippen LogP contribution in [-0.4, -0.2) is 44.6 Å². The van der Waals surface area contributed by atoms with Gasteiger partial charge in [0.2, 0.25) is 5.91 Å². The molecule has 3 aromatic rings. The molecule has 33 heavy (non-hydrogen) atoms. The van der Waals surface area contributed by atoms with Gasteiger partial charge in [-0.1, -0.05) is 35.1 Å². The maximum absolute atomic E-state index is 12.2. The minimum absolute atomic E-state index is 0.103. The van der Waals surface area contributed by atoms with Crippen molar-refractivity contribution in [1.29, 1.82) is 5.41 Å². The van der Waals surface area contributed by atoms with Gasteiger partial charge in [-0.25, -0.2) is 15.0 Å². The molecule has 1 aliphatic heterocycles. The second kappa shape index (κ2) is 7.89. The average Bonchev–Trinajstić information content (AvgIpc) is 3.60. The minimum atomic E-state index is -0.371. The highest BCUT2D eigenvalue weighted by Gasteiger charge is 2.49. The quantitative estimate of drug-likeness (QED) is 0.323. The smallest absolute Gasteiger partial charge is 0.221 e. The highest BCUT2D eigenvalue weighted by molar-refractivity contribution is 9.10.